The zero-order valence-corrected chi connectivity index (χ0v) is 11.2. The van der Waals surface area contributed by atoms with E-state index in [1.807, 2.05) is 48.5 Å². The van der Waals surface area contributed by atoms with Crippen LogP contribution in [-0.4, -0.2) is 16.4 Å². The number of benzene rings is 2. The maximum absolute atomic E-state index is 5.91. The standard InChI is InChI=1S/C15H11ClN4/c16-13-6-3-4-11(8-13)9-17-19-15-14-7-2-1-5-12(14)10-18-20-15/h1-10H,(H,19,20)/b17-9+. The van der Waals surface area contributed by atoms with Gasteiger partial charge in [0.2, 0.25) is 0 Å². The van der Waals surface area contributed by atoms with Crippen molar-refractivity contribution in [3.05, 3.63) is 65.3 Å². The molecular weight excluding hydrogens is 272 g/mol. The molecule has 1 N–H and O–H groups in total. The van der Waals surface area contributed by atoms with Gasteiger partial charge in [-0.15, -0.1) is 5.10 Å². The van der Waals surface area contributed by atoms with E-state index in [2.05, 4.69) is 20.7 Å². The second-order valence-electron chi connectivity index (χ2n) is 4.21. The Kier molecular flexibility index (Phi) is 3.56. The monoisotopic (exact) mass is 282 g/mol. The number of nitrogens with zero attached hydrogens (tertiary/aromatic N) is 3. The molecule has 3 rings (SSSR count). The van der Waals surface area contributed by atoms with Gasteiger partial charge in [-0.1, -0.05) is 48.0 Å². The molecule has 0 unspecified atom stereocenters. The first-order valence-corrected chi connectivity index (χ1v) is 6.46. The molecule has 3 aromatic rings. The number of hydrogen-bond acceptors (Lipinski definition) is 4. The third-order valence-electron chi connectivity index (χ3n) is 2.80. The van der Waals surface area contributed by atoms with E-state index < -0.39 is 0 Å². The van der Waals surface area contributed by atoms with Crippen LogP contribution in [0.1, 0.15) is 5.56 Å². The minimum Gasteiger partial charge on any atom is -0.259 e. The molecule has 1 heterocycles. The van der Waals surface area contributed by atoms with Gasteiger partial charge in [-0.2, -0.15) is 10.2 Å². The molecular formula is C15H11ClN4. The second-order valence-corrected chi connectivity index (χ2v) is 4.64. The SMILES string of the molecule is Clc1cccc(/C=N/Nc2nncc3ccccc23)c1. The lowest BCUT2D eigenvalue weighted by molar-refractivity contribution is 1.04. The topological polar surface area (TPSA) is 50.2 Å². The van der Waals surface area contributed by atoms with E-state index in [1.54, 1.807) is 12.4 Å². The van der Waals surface area contributed by atoms with Crippen molar-refractivity contribution in [1.82, 2.24) is 10.2 Å². The van der Waals surface area contributed by atoms with E-state index in [0.29, 0.717) is 10.8 Å². The Morgan fingerprint density at radius 2 is 2.00 bits per heavy atom. The van der Waals surface area contributed by atoms with Crippen molar-refractivity contribution in [2.75, 3.05) is 5.43 Å². The highest BCUT2D eigenvalue weighted by molar-refractivity contribution is 6.30. The Labute approximate surface area is 121 Å². The average Bonchev–Trinajstić information content (AvgIpc) is 2.48. The normalized spacial score (nSPS) is 11.1. The van der Waals surface area contributed by atoms with Gasteiger partial charge in [-0.25, -0.2) is 0 Å². The number of halogens is 1. The molecule has 0 aliphatic rings. The Hall–Kier alpha value is -2.46. The lowest BCUT2D eigenvalue weighted by Gasteiger charge is -2.02. The fraction of sp³-hybridized carbons (Fsp3) is 0. The zero-order valence-electron chi connectivity index (χ0n) is 10.5. The Bertz CT molecular complexity index is 765. The summed E-state index contributed by atoms with van der Waals surface area (Å²) in [5.41, 5.74) is 3.82. The molecule has 0 saturated carbocycles. The first kappa shape index (κ1) is 12.6. The van der Waals surface area contributed by atoms with Crippen LogP contribution in [0.25, 0.3) is 10.8 Å². The van der Waals surface area contributed by atoms with Crippen molar-refractivity contribution < 1.29 is 0 Å². The molecule has 0 amide bonds. The summed E-state index contributed by atoms with van der Waals surface area (Å²) >= 11 is 5.91. The van der Waals surface area contributed by atoms with Crippen molar-refractivity contribution in [2.45, 2.75) is 0 Å². The van der Waals surface area contributed by atoms with Crippen LogP contribution in [0.2, 0.25) is 5.02 Å². The van der Waals surface area contributed by atoms with E-state index in [4.69, 9.17) is 11.6 Å². The molecule has 0 spiro atoms. The van der Waals surface area contributed by atoms with Crippen LogP contribution in [0.15, 0.2) is 59.8 Å². The van der Waals surface area contributed by atoms with Gasteiger partial charge in [-0.05, 0) is 17.7 Å². The van der Waals surface area contributed by atoms with Gasteiger partial charge >= 0.3 is 0 Å². The number of aromatic nitrogens is 2. The predicted octanol–water partition coefficient (Wildman–Crippen LogP) is 3.73. The van der Waals surface area contributed by atoms with Crippen molar-refractivity contribution >= 4 is 34.4 Å². The molecule has 0 aliphatic carbocycles. The van der Waals surface area contributed by atoms with Crippen molar-refractivity contribution in [1.29, 1.82) is 0 Å². The molecule has 0 atom stereocenters. The lowest BCUT2D eigenvalue weighted by Crippen LogP contribution is -1.96. The average molecular weight is 283 g/mol. The summed E-state index contributed by atoms with van der Waals surface area (Å²) < 4.78 is 0. The predicted molar refractivity (Wildman–Crippen MR) is 82.2 cm³/mol. The summed E-state index contributed by atoms with van der Waals surface area (Å²) in [5, 5.41) is 14.8. The number of hydrogen-bond donors (Lipinski definition) is 1. The van der Waals surface area contributed by atoms with Crippen LogP contribution in [0.4, 0.5) is 5.82 Å². The van der Waals surface area contributed by atoms with Crippen LogP contribution >= 0.6 is 11.6 Å². The second kappa shape index (κ2) is 5.67. The van der Waals surface area contributed by atoms with Crippen molar-refractivity contribution in [3.63, 3.8) is 0 Å². The molecule has 5 heteroatoms. The highest BCUT2D eigenvalue weighted by Crippen LogP contribution is 2.19. The van der Waals surface area contributed by atoms with E-state index in [9.17, 15) is 0 Å². The van der Waals surface area contributed by atoms with Crippen LogP contribution in [0.5, 0.6) is 0 Å². The Balaban J connectivity index is 1.84. The highest BCUT2D eigenvalue weighted by Gasteiger charge is 2.00. The van der Waals surface area contributed by atoms with Gasteiger partial charge in [0.05, 0.1) is 12.4 Å². The number of hydrazone groups is 1. The minimum atomic E-state index is 0.626. The smallest absolute Gasteiger partial charge is 0.176 e. The van der Waals surface area contributed by atoms with Crippen LogP contribution in [0.3, 0.4) is 0 Å². The summed E-state index contributed by atoms with van der Waals surface area (Å²) in [5.74, 6) is 0.626. The van der Waals surface area contributed by atoms with Gasteiger partial charge in [-0.3, -0.25) is 5.43 Å². The minimum absolute atomic E-state index is 0.626. The first-order valence-electron chi connectivity index (χ1n) is 6.08. The van der Waals surface area contributed by atoms with Gasteiger partial charge in [0.1, 0.15) is 0 Å². The summed E-state index contributed by atoms with van der Waals surface area (Å²) in [4.78, 5) is 0. The molecule has 2 aromatic carbocycles. The molecule has 20 heavy (non-hydrogen) atoms. The highest BCUT2D eigenvalue weighted by atomic mass is 35.5. The van der Waals surface area contributed by atoms with E-state index >= 15 is 0 Å². The fourth-order valence-corrected chi connectivity index (χ4v) is 2.06. The molecule has 0 radical (unpaired) electrons. The molecule has 0 bridgehead atoms. The molecule has 4 nitrogen and oxygen atoms in total. The van der Waals surface area contributed by atoms with Gasteiger partial charge in [0.25, 0.3) is 0 Å². The zero-order chi connectivity index (χ0) is 13.8. The summed E-state index contributed by atoms with van der Waals surface area (Å²) in [6.45, 7) is 0. The van der Waals surface area contributed by atoms with Crippen LogP contribution in [-0.2, 0) is 0 Å². The molecule has 0 aliphatic heterocycles. The molecule has 0 fully saturated rings. The summed E-state index contributed by atoms with van der Waals surface area (Å²) in [6, 6.07) is 15.3. The third kappa shape index (κ3) is 2.75. The molecule has 1 aromatic heterocycles. The lowest BCUT2D eigenvalue weighted by atomic mass is 10.2. The molecule has 0 saturated heterocycles. The van der Waals surface area contributed by atoms with E-state index in [-0.39, 0.29) is 0 Å². The third-order valence-corrected chi connectivity index (χ3v) is 3.04. The summed E-state index contributed by atoms with van der Waals surface area (Å²) in [7, 11) is 0. The fourth-order valence-electron chi connectivity index (χ4n) is 1.87. The maximum atomic E-state index is 5.91. The largest absolute Gasteiger partial charge is 0.259 e. The van der Waals surface area contributed by atoms with Crippen molar-refractivity contribution in [2.24, 2.45) is 5.10 Å². The van der Waals surface area contributed by atoms with Gasteiger partial charge in [0.15, 0.2) is 5.82 Å². The number of anilines is 1. The Morgan fingerprint density at radius 1 is 1.10 bits per heavy atom. The van der Waals surface area contributed by atoms with Crippen LogP contribution < -0.4 is 5.43 Å². The number of rotatable bonds is 3. The summed E-state index contributed by atoms with van der Waals surface area (Å²) in [6.07, 6.45) is 3.41. The van der Waals surface area contributed by atoms with Crippen LogP contribution in [0, 0.1) is 0 Å². The van der Waals surface area contributed by atoms with E-state index in [0.717, 1.165) is 16.3 Å². The quantitative estimate of drug-likeness (QED) is 0.588. The van der Waals surface area contributed by atoms with E-state index in [1.165, 1.54) is 0 Å². The van der Waals surface area contributed by atoms with Gasteiger partial charge in [0, 0.05) is 15.8 Å². The number of fused-ring (bicyclic) bond motifs is 1. The maximum Gasteiger partial charge on any atom is 0.176 e. The van der Waals surface area contributed by atoms with Gasteiger partial charge < -0.3 is 0 Å². The first-order chi connectivity index (χ1) is 9.83. The van der Waals surface area contributed by atoms with Crippen molar-refractivity contribution in [3.8, 4) is 0 Å². The Morgan fingerprint density at radius 3 is 2.90 bits per heavy atom. The molecule has 98 valence electrons. The number of nitrogens with one attached hydrogen (secondary N) is 1.